The molecule has 1 fully saturated rings. The molecule has 4 heteroatoms. The molecule has 0 aliphatic carbocycles. The van der Waals surface area contributed by atoms with Crippen LogP contribution >= 0.6 is 0 Å². The number of nitrogens with zero attached hydrogens (tertiary/aromatic N) is 1. The predicted octanol–water partition coefficient (Wildman–Crippen LogP) is 0.833. The van der Waals surface area contributed by atoms with E-state index in [-0.39, 0.29) is 17.4 Å². The van der Waals surface area contributed by atoms with Gasteiger partial charge in [-0.05, 0) is 60.3 Å². The number of carbonyl (C=O) groups is 1. The van der Waals surface area contributed by atoms with Gasteiger partial charge in [0.05, 0.1) is 5.41 Å². The maximum Gasteiger partial charge on any atom is 0.227 e. The molecule has 100 valence electrons. The van der Waals surface area contributed by atoms with Crippen molar-refractivity contribution in [2.75, 3.05) is 33.7 Å². The zero-order chi connectivity index (χ0) is 12.9. The molecule has 0 aromatic rings. The maximum atomic E-state index is 12.2. The van der Waals surface area contributed by atoms with Crippen LogP contribution in [0.25, 0.3) is 0 Å². The Balaban J connectivity index is 2.36. The number of hydrogen-bond acceptors (Lipinski definition) is 3. The molecule has 4 nitrogen and oxygen atoms in total. The molecule has 2 atom stereocenters. The highest BCUT2D eigenvalue weighted by molar-refractivity contribution is 5.82. The van der Waals surface area contributed by atoms with Gasteiger partial charge in [0.25, 0.3) is 0 Å². The van der Waals surface area contributed by atoms with Gasteiger partial charge in [-0.25, -0.2) is 0 Å². The molecule has 17 heavy (non-hydrogen) atoms. The fourth-order valence-electron chi connectivity index (χ4n) is 2.17. The van der Waals surface area contributed by atoms with E-state index in [1.54, 1.807) is 0 Å². The van der Waals surface area contributed by atoms with E-state index >= 15 is 0 Å². The highest BCUT2D eigenvalue weighted by Gasteiger charge is 2.34. The average molecular weight is 241 g/mol. The van der Waals surface area contributed by atoms with Crippen LogP contribution < -0.4 is 10.6 Å². The first-order valence-electron chi connectivity index (χ1n) is 6.60. The third kappa shape index (κ3) is 4.64. The van der Waals surface area contributed by atoms with Crippen molar-refractivity contribution in [3.05, 3.63) is 0 Å². The molecule has 0 aromatic heterocycles. The van der Waals surface area contributed by atoms with Crippen molar-refractivity contribution in [1.82, 2.24) is 15.5 Å². The van der Waals surface area contributed by atoms with E-state index in [0.29, 0.717) is 0 Å². The molecule has 1 saturated heterocycles. The Morgan fingerprint density at radius 1 is 1.53 bits per heavy atom. The van der Waals surface area contributed by atoms with Crippen LogP contribution in [0, 0.1) is 5.41 Å². The van der Waals surface area contributed by atoms with Gasteiger partial charge in [0.15, 0.2) is 0 Å². The van der Waals surface area contributed by atoms with Gasteiger partial charge in [-0.2, -0.15) is 0 Å². The quantitative estimate of drug-likeness (QED) is 0.749. The van der Waals surface area contributed by atoms with E-state index in [4.69, 9.17) is 0 Å². The molecule has 1 heterocycles. The molecule has 0 aromatic carbocycles. The van der Waals surface area contributed by atoms with Gasteiger partial charge in [-0.1, -0.05) is 0 Å². The lowest BCUT2D eigenvalue weighted by molar-refractivity contribution is -0.131. The smallest absolute Gasteiger partial charge is 0.227 e. The molecule has 1 aliphatic rings. The molecule has 1 aliphatic heterocycles. The predicted molar refractivity (Wildman–Crippen MR) is 71.0 cm³/mol. The Morgan fingerprint density at radius 3 is 2.76 bits per heavy atom. The highest BCUT2D eigenvalue weighted by Crippen LogP contribution is 2.25. The Morgan fingerprint density at radius 2 is 2.24 bits per heavy atom. The van der Waals surface area contributed by atoms with Gasteiger partial charge in [0.2, 0.25) is 5.91 Å². The maximum absolute atomic E-state index is 12.2. The lowest BCUT2D eigenvalue weighted by Crippen LogP contribution is -2.50. The van der Waals surface area contributed by atoms with Gasteiger partial charge in [0.1, 0.15) is 0 Å². The molecule has 2 unspecified atom stereocenters. The summed E-state index contributed by atoms with van der Waals surface area (Å²) in [5, 5.41) is 6.45. The lowest BCUT2D eigenvalue weighted by atomic mass is 9.81. The van der Waals surface area contributed by atoms with Gasteiger partial charge < -0.3 is 15.5 Å². The van der Waals surface area contributed by atoms with E-state index < -0.39 is 0 Å². The third-order valence-corrected chi connectivity index (χ3v) is 3.53. The average Bonchev–Trinajstić information content (AvgIpc) is 2.27. The molecule has 0 radical (unpaired) electrons. The van der Waals surface area contributed by atoms with Gasteiger partial charge >= 0.3 is 0 Å². The van der Waals surface area contributed by atoms with Crippen LogP contribution in [0.5, 0.6) is 0 Å². The van der Waals surface area contributed by atoms with Gasteiger partial charge in [0, 0.05) is 12.6 Å². The number of hydrogen-bond donors (Lipinski definition) is 2. The van der Waals surface area contributed by atoms with Crippen LogP contribution in [0.3, 0.4) is 0 Å². The number of carbonyl (C=O) groups excluding carboxylic acids is 1. The first-order chi connectivity index (χ1) is 7.94. The summed E-state index contributed by atoms with van der Waals surface area (Å²) in [4.78, 5) is 14.4. The Kier molecular flexibility index (Phi) is 5.40. The standard InChI is InChI=1S/C13H27N3O/c1-11(6-9-16(3)4)15-12(17)13(2)7-5-8-14-10-13/h11,14H,5-10H2,1-4H3,(H,15,17). The van der Waals surface area contributed by atoms with Crippen molar-refractivity contribution in [2.45, 2.75) is 39.2 Å². The fraction of sp³-hybridized carbons (Fsp3) is 0.923. The topological polar surface area (TPSA) is 44.4 Å². The van der Waals surface area contributed by atoms with Crippen LogP contribution in [-0.2, 0) is 4.79 Å². The first-order valence-corrected chi connectivity index (χ1v) is 6.60. The highest BCUT2D eigenvalue weighted by atomic mass is 16.2. The van der Waals surface area contributed by atoms with Crippen molar-refractivity contribution in [2.24, 2.45) is 5.41 Å². The molecule has 0 bridgehead atoms. The normalized spacial score (nSPS) is 26.9. The summed E-state index contributed by atoms with van der Waals surface area (Å²) in [7, 11) is 4.11. The second-order valence-electron chi connectivity index (χ2n) is 5.81. The summed E-state index contributed by atoms with van der Waals surface area (Å²) in [6.07, 6.45) is 3.09. The van der Waals surface area contributed by atoms with Crippen LogP contribution in [-0.4, -0.2) is 50.6 Å². The lowest BCUT2D eigenvalue weighted by Gasteiger charge is -2.33. The molecule has 0 saturated carbocycles. The van der Waals surface area contributed by atoms with Crippen molar-refractivity contribution in [1.29, 1.82) is 0 Å². The van der Waals surface area contributed by atoms with Crippen molar-refractivity contribution in [3.8, 4) is 0 Å². The molecule has 1 rings (SSSR count). The molecule has 1 amide bonds. The van der Waals surface area contributed by atoms with Gasteiger partial charge in [-0.3, -0.25) is 4.79 Å². The number of piperidine rings is 1. The van der Waals surface area contributed by atoms with Crippen LogP contribution in [0.4, 0.5) is 0 Å². The summed E-state index contributed by atoms with van der Waals surface area (Å²) in [6.45, 7) is 7.00. The van der Waals surface area contributed by atoms with Crippen LogP contribution in [0.2, 0.25) is 0 Å². The SMILES string of the molecule is CC(CCN(C)C)NC(=O)C1(C)CCCNC1. The third-order valence-electron chi connectivity index (χ3n) is 3.53. The Bertz CT molecular complexity index is 247. The van der Waals surface area contributed by atoms with E-state index in [1.807, 2.05) is 0 Å². The number of rotatable bonds is 5. The van der Waals surface area contributed by atoms with Crippen LogP contribution in [0.1, 0.15) is 33.1 Å². The largest absolute Gasteiger partial charge is 0.353 e. The molecule has 2 N–H and O–H groups in total. The zero-order valence-corrected chi connectivity index (χ0v) is 11.7. The summed E-state index contributed by atoms with van der Waals surface area (Å²) >= 11 is 0. The minimum Gasteiger partial charge on any atom is -0.353 e. The summed E-state index contributed by atoms with van der Waals surface area (Å²) in [5.41, 5.74) is -0.218. The summed E-state index contributed by atoms with van der Waals surface area (Å²) in [6, 6.07) is 0.253. The van der Waals surface area contributed by atoms with E-state index in [1.165, 1.54) is 0 Å². The molecular formula is C13H27N3O. The number of amides is 1. The Hall–Kier alpha value is -0.610. The van der Waals surface area contributed by atoms with Crippen molar-refractivity contribution >= 4 is 5.91 Å². The molecule has 0 spiro atoms. The fourth-order valence-corrected chi connectivity index (χ4v) is 2.17. The minimum atomic E-state index is -0.218. The Labute approximate surface area is 105 Å². The van der Waals surface area contributed by atoms with E-state index in [9.17, 15) is 4.79 Å². The van der Waals surface area contributed by atoms with Crippen LogP contribution in [0.15, 0.2) is 0 Å². The second kappa shape index (κ2) is 6.36. The van der Waals surface area contributed by atoms with E-state index in [2.05, 4.69) is 43.5 Å². The van der Waals surface area contributed by atoms with E-state index in [0.717, 1.165) is 38.9 Å². The van der Waals surface area contributed by atoms with Crippen molar-refractivity contribution in [3.63, 3.8) is 0 Å². The second-order valence-corrected chi connectivity index (χ2v) is 5.81. The van der Waals surface area contributed by atoms with Gasteiger partial charge in [-0.15, -0.1) is 0 Å². The monoisotopic (exact) mass is 241 g/mol. The van der Waals surface area contributed by atoms with Crippen molar-refractivity contribution < 1.29 is 4.79 Å². The first kappa shape index (κ1) is 14.5. The number of nitrogens with one attached hydrogen (secondary N) is 2. The minimum absolute atomic E-state index is 0.205. The summed E-state index contributed by atoms with van der Waals surface area (Å²) in [5.74, 6) is 0.205. The molecular weight excluding hydrogens is 214 g/mol. The zero-order valence-electron chi connectivity index (χ0n) is 11.7. The summed E-state index contributed by atoms with van der Waals surface area (Å²) < 4.78 is 0.